The van der Waals surface area contributed by atoms with Crippen LogP contribution in [0.1, 0.15) is 37.3 Å². The van der Waals surface area contributed by atoms with Gasteiger partial charge in [0.2, 0.25) is 5.91 Å². The molecule has 3 atom stereocenters. The summed E-state index contributed by atoms with van der Waals surface area (Å²) in [5.41, 5.74) is 2.32. The lowest BCUT2D eigenvalue weighted by Gasteiger charge is -2.25. The van der Waals surface area contributed by atoms with Gasteiger partial charge in [-0.2, -0.15) is 0 Å². The summed E-state index contributed by atoms with van der Waals surface area (Å²) in [4.78, 5) is 26.3. The summed E-state index contributed by atoms with van der Waals surface area (Å²) in [5, 5.41) is 10.5. The number of aliphatic hydroxyl groups is 1. The molecule has 2 amide bonds. The highest BCUT2D eigenvalue weighted by Crippen LogP contribution is 2.22. The molecular weight excluding hydrogens is 366 g/mol. The molecule has 0 aliphatic carbocycles. The highest BCUT2D eigenvalue weighted by atomic mass is 16.6. The lowest BCUT2D eigenvalue weighted by Crippen LogP contribution is -2.45. The summed E-state index contributed by atoms with van der Waals surface area (Å²) in [6, 6.07) is 19.6. The largest absolute Gasteiger partial charge is 0.447 e. The van der Waals surface area contributed by atoms with Crippen LogP contribution in [0, 0.1) is 5.92 Å². The highest BCUT2D eigenvalue weighted by molar-refractivity contribution is 5.94. The number of aryl methyl sites for hydroxylation is 1. The first-order valence-corrected chi connectivity index (χ1v) is 10.3. The number of aliphatic hydroxyl groups excluding tert-OH is 1. The van der Waals surface area contributed by atoms with E-state index in [2.05, 4.69) is 12.1 Å². The maximum atomic E-state index is 12.9. The molecule has 1 saturated heterocycles. The Labute approximate surface area is 172 Å². The zero-order valence-electron chi connectivity index (χ0n) is 16.9. The van der Waals surface area contributed by atoms with Gasteiger partial charge < -0.3 is 9.84 Å². The number of hydrogen-bond donors (Lipinski definition) is 1. The molecule has 0 aromatic heterocycles. The van der Waals surface area contributed by atoms with E-state index in [4.69, 9.17) is 4.74 Å². The predicted molar refractivity (Wildman–Crippen MR) is 111 cm³/mol. The Bertz CT molecular complexity index is 793. The fourth-order valence-corrected chi connectivity index (χ4v) is 3.73. The molecule has 5 heteroatoms. The summed E-state index contributed by atoms with van der Waals surface area (Å²) >= 11 is 0. The van der Waals surface area contributed by atoms with E-state index in [1.54, 1.807) is 6.92 Å². The topological polar surface area (TPSA) is 66.8 Å². The number of benzene rings is 2. The molecule has 2 aromatic rings. The molecule has 29 heavy (non-hydrogen) atoms. The fourth-order valence-electron chi connectivity index (χ4n) is 3.73. The molecule has 0 bridgehead atoms. The predicted octanol–water partition coefficient (Wildman–Crippen LogP) is 3.99. The molecule has 1 aliphatic heterocycles. The second-order valence-electron chi connectivity index (χ2n) is 7.72. The smallest absolute Gasteiger partial charge is 0.416 e. The van der Waals surface area contributed by atoms with Crippen molar-refractivity contribution < 1.29 is 19.4 Å². The maximum absolute atomic E-state index is 12.9. The Morgan fingerprint density at radius 1 is 1.07 bits per heavy atom. The third kappa shape index (κ3) is 5.67. The number of imide groups is 1. The molecule has 3 rings (SSSR count). The number of carbonyl (C=O) groups is 2. The molecule has 1 N–H and O–H groups in total. The Hall–Kier alpha value is -2.66. The van der Waals surface area contributed by atoms with Crippen LogP contribution in [-0.4, -0.2) is 40.8 Å². The Morgan fingerprint density at radius 2 is 1.69 bits per heavy atom. The average molecular weight is 395 g/mol. The van der Waals surface area contributed by atoms with Crippen LogP contribution in [-0.2, 0) is 22.4 Å². The van der Waals surface area contributed by atoms with Gasteiger partial charge in [-0.25, -0.2) is 9.69 Å². The molecule has 5 nitrogen and oxygen atoms in total. The van der Waals surface area contributed by atoms with Crippen LogP contribution in [0.2, 0.25) is 0 Å². The van der Waals surface area contributed by atoms with E-state index in [-0.39, 0.29) is 18.6 Å². The normalized spacial score (nSPS) is 18.3. The monoisotopic (exact) mass is 395 g/mol. The standard InChI is InChI=1S/C24H29NO4/c1-18(22(26)15-9-8-12-19-10-4-2-5-11-19)23(27)25-21(17-29-24(25)28)16-20-13-6-3-7-14-20/h2-7,10-11,13-14,18,21-22,26H,8-9,12,15-17H2,1H3/t18-,21-,22+/m0/s1. The van der Waals surface area contributed by atoms with Crippen LogP contribution in [0.25, 0.3) is 0 Å². The number of amides is 2. The Kier molecular flexibility index (Phi) is 7.42. The van der Waals surface area contributed by atoms with Gasteiger partial charge >= 0.3 is 6.09 Å². The van der Waals surface area contributed by atoms with Gasteiger partial charge in [-0.15, -0.1) is 0 Å². The van der Waals surface area contributed by atoms with Gasteiger partial charge in [0.25, 0.3) is 0 Å². The van der Waals surface area contributed by atoms with Crippen molar-refractivity contribution in [1.29, 1.82) is 0 Å². The quantitative estimate of drug-likeness (QED) is 0.652. The van der Waals surface area contributed by atoms with Gasteiger partial charge in [0.1, 0.15) is 6.61 Å². The summed E-state index contributed by atoms with van der Waals surface area (Å²) in [6.45, 7) is 1.88. The zero-order valence-corrected chi connectivity index (χ0v) is 16.9. The van der Waals surface area contributed by atoms with E-state index in [9.17, 15) is 14.7 Å². The molecule has 2 aromatic carbocycles. The average Bonchev–Trinajstić information content (AvgIpc) is 3.11. The summed E-state index contributed by atoms with van der Waals surface area (Å²) in [5.74, 6) is -1.00. The third-order valence-corrected chi connectivity index (χ3v) is 5.54. The molecule has 0 spiro atoms. The van der Waals surface area contributed by atoms with Crippen LogP contribution < -0.4 is 0 Å². The van der Waals surface area contributed by atoms with Crippen molar-refractivity contribution in [2.24, 2.45) is 5.92 Å². The van der Waals surface area contributed by atoms with E-state index in [1.165, 1.54) is 10.5 Å². The molecule has 154 valence electrons. The van der Waals surface area contributed by atoms with Crippen LogP contribution in [0.3, 0.4) is 0 Å². The zero-order chi connectivity index (χ0) is 20.6. The van der Waals surface area contributed by atoms with Crippen molar-refractivity contribution >= 4 is 12.0 Å². The number of nitrogens with zero attached hydrogens (tertiary/aromatic N) is 1. The molecular formula is C24H29NO4. The first-order valence-electron chi connectivity index (χ1n) is 10.3. The molecule has 1 fully saturated rings. The number of carbonyl (C=O) groups excluding carboxylic acids is 2. The van der Waals surface area contributed by atoms with Gasteiger partial charge in [0, 0.05) is 0 Å². The minimum atomic E-state index is -0.774. The van der Waals surface area contributed by atoms with Gasteiger partial charge in [-0.05, 0) is 36.8 Å². The second kappa shape index (κ2) is 10.2. The van der Waals surface area contributed by atoms with Crippen molar-refractivity contribution in [3.63, 3.8) is 0 Å². The van der Waals surface area contributed by atoms with Gasteiger partial charge in [0.05, 0.1) is 18.1 Å². The van der Waals surface area contributed by atoms with Crippen molar-refractivity contribution in [3.05, 3.63) is 71.8 Å². The molecule has 1 aliphatic rings. The number of hydrogen-bond acceptors (Lipinski definition) is 4. The highest BCUT2D eigenvalue weighted by Gasteiger charge is 2.41. The van der Waals surface area contributed by atoms with E-state index in [0.29, 0.717) is 12.8 Å². The van der Waals surface area contributed by atoms with Crippen molar-refractivity contribution in [2.45, 2.75) is 51.2 Å². The van der Waals surface area contributed by atoms with Gasteiger partial charge in [-0.3, -0.25) is 4.79 Å². The minimum Gasteiger partial charge on any atom is -0.447 e. The Balaban J connectivity index is 1.51. The van der Waals surface area contributed by atoms with Gasteiger partial charge in [-0.1, -0.05) is 74.0 Å². The van der Waals surface area contributed by atoms with E-state index >= 15 is 0 Å². The van der Waals surface area contributed by atoms with Crippen LogP contribution >= 0.6 is 0 Å². The fraction of sp³-hybridized carbons (Fsp3) is 0.417. The summed E-state index contributed by atoms with van der Waals surface area (Å²) in [6.07, 6.45) is 2.43. The van der Waals surface area contributed by atoms with Gasteiger partial charge in [0.15, 0.2) is 0 Å². The Morgan fingerprint density at radius 3 is 2.34 bits per heavy atom. The number of unbranched alkanes of at least 4 members (excludes halogenated alkanes) is 1. The first kappa shape index (κ1) is 21.1. The number of ether oxygens (including phenoxy) is 1. The lowest BCUT2D eigenvalue weighted by atomic mass is 9.96. The van der Waals surface area contributed by atoms with Crippen molar-refractivity contribution in [2.75, 3.05) is 6.61 Å². The number of cyclic esters (lactones) is 1. The van der Waals surface area contributed by atoms with Crippen LogP contribution in [0.4, 0.5) is 4.79 Å². The molecule has 0 saturated carbocycles. The molecule has 0 radical (unpaired) electrons. The number of rotatable bonds is 9. The lowest BCUT2D eigenvalue weighted by molar-refractivity contribution is -0.136. The van der Waals surface area contributed by atoms with Crippen molar-refractivity contribution in [3.8, 4) is 0 Å². The van der Waals surface area contributed by atoms with Crippen LogP contribution in [0.15, 0.2) is 60.7 Å². The van der Waals surface area contributed by atoms with Crippen LogP contribution in [0.5, 0.6) is 0 Å². The third-order valence-electron chi connectivity index (χ3n) is 5.54. The maximum Gasteiger partial charge on any atom is 0.416 e. The first-order chi connectivity index (χ1) is 14.1. The SMILES string of the molecule is C[C@H](C(=O)N1C(=O)OC[C@@H]1Cc1ccccc1)[C@H](O)CCCCc1ccccc1. The van der Waals surface area contributed by atoms with E-state index in [1.807, 2.05) is 48.5 Å². The molecule has 1 heterocycles. The second-order valence-corrected chi connectivity index (χ2v) is 7.72. The summed E-state index contributed by atoms with van der Waals surface area (Å²) in [7, 11) is 0. The summed E-state index contributed by atoms with van der Waals surface area (Å²) < 4.78 is 5.13. The van der Waals surface area contributed by atoms with E-state index in [0.717, 1.165) is 24.8 Å². The van der Waals surface area contributed by atoms with E-state index < -0.39 is 18.1 Å². The molecule has 0 unspecified atom stereocenters. The minimum absolute atomic E-state index is 0.194. The van der Waals surface area contributed by atoms with Crippen molar-refractivity contribution in [1.82, 2.24) is 4.90 Å².